The summed E-state index contributed by atoms with van der Waals surface area (Å²) in [5.41, 5.74) is 1.77. The lowest BCUT2D eigenvalue weighted by Gasteiger charge is -2.06. The Morgan fingerprint density at radius 2 is 1.58 bits per heavy atom. The maximum absolute atomic E-state index is 5.80. The van der Waals surface area contributed by atoms with Gasteiger partial charge in [-0.2, -0.15) is 14.5 Å². The predicted octanol–water partition coefficient (Wildman–Crippen LogP) is 4.84. The van der Waals surface area contributed by atoms with Crippen molar-refractivity contribution in [1.29, 1.82) is 0 Å². The molecule has 3 heterocycles. The highest BCUT2D eigenvalue weighted by molar-refractivity contribution is 7.98. The molecule has 152 valence electrons. The van der Waals surface area contributed by atoms with Crippen LogP contribution < -0.4 is 10.1 Å². The fourth-order valence-corrected chi connectivity index (χ4v) is 3.31. The number of fused-ring (bicyclic) bond motifs is 1. The van der Waals surface area contributed by atoms with E-state index < -0.39 is 0 Å². The third kappa shape index (κ3) is 4.17. The number of nitrogens with zero attached hydrogens (tertiary/aromatic N) is 6. The summed E-state index contributed by atoms with van der Waals surface area (Å²) in [7, 11) is 0. The Hall–Kier alpha value is -3.98. The third-order valence-electron chi connectivity index (χ3n) is 4.40. The number of aromatic nitrogens is 6. The number of hydrogen-bond donors (Lipinski definition) is 1. The van der Waals surface area contributed by atoms with E-state index >= 15 is 0 Å². The minimum absolute atomic E-state index is 0.438. The molecule has 0 saturated heterocycles. The van der Waals surface area contributed by atoms with E-state index in [2.05, 4.69) is 30.4 Å². The van der Waals surface area contributed by atoms with Gasteiger partial charge in [0.1, 0.15) is 11.5 Å². The van der Waals surface area contributed by atoms with Crippen LogP contribution in [0.15, 0.2) is 84.3 Å². The monoisotopic (exact) mass is 427 g/mol. The second-order valence-electron chi connectivity index (χ2n) is 6.48. The van der Waals surface area contributed by atoms with Gasteiger partial charge in [0.2, 0.25) is 5.95 Å². The SMILES string of the molecule is CSc1nc(-c2ccccc2)n2nc(Nc3ccc(Oc4ccncc4)cc3)nc2n1. The number of ether oxygens (including phenoxy) is 1. The normalized spacial score (nSPS) is 10.9. The number of anilines is 2. The molecule has 31 heavy (non-hydrogen) atoms. The van der Waals surface area contributed by atoms with E-state index in [0.717, 1.165) is 22.7 Å². The van der Waals surface area contributed by atoms with Gasteiger partial charge in [0.05, 0.1) is 0 Å². The molecule has 0 aliphatic heterocycles. The van der Waals surface area contributed by atoms with E-state index in [1.807, 2.05) is 60.9 Å². The number of thioether (sulfide) groups is 1. The lowest BCUT2D eigenvalue weighted by atomic mass is 10.2. The van der Waals surface area contributed by atoms with Crippen molar-refractivity contribution in [2.24, 2.45) is 0 Å². The van der Waals surface area contributed by atoms with Crippen LogP contribution in [0.3, 0.4) is 0 Å². The number of benzene rings is 2. The van der Waals surface area contributed by atoms with Gasteiger partial charge in [-0.1, -0.05) is 42.1 Å². The van der Waals surface area contributed by atoms with Crippen molar-refractivity contribution in [3.63, 3.8) is 0 Å². The first-order chi connectivity index (χ1) is 15.3. The molecule has 0 unspecified atom stereocenters. The summed E-state index contributed by atoms with van der Waals surface area (Å²) in [5, 5.41) is 8.43. The van der Waals surface area contributed by atoms with Crippen molar-refractivity contribution < 1.29 is 4.74 Å². The van der Waals surface area contributed by atoms with Crippen molar-refractivity contribution >= 4 is 29.2 Å². The molecule has 0 aliphatic carbocycles. The molecular formula is C22H17N7OS. The standard InChI is InChI=1S/C22H17N7OS/c1-31-22-25-19(15-5-3-2-4-6-15)29-21(27-22)26-20(28-29)24-16-7-9-17(10-8-16)30-18-11-13-23-14-12-18/h2-14H,1H3,(H,24,28). The van der Waals surface area contributed by atoms with E-state index in [-0.39, 0.29) is 0 Å². The van der Waals surface area contributed by atoms with Gasteiger partial charge >= 0.3 is 0 Å². The highest BCUT2D eigenvalue weighted by atomic mass is 32.2. The van der Waals surface area contributed by atoms with Gasteiger partial charge in [0.25, 0.3) is 5.78 Å². The summed E-state index contributed by atoms with van der Waals surface area (Å²) in [4.78, 5) is 17.6. The largest absolute Gasteiger partial charge is 0.457 e. The average molecular weight is 427 g/mol. The third-order valence-corrected chi connectivity index (χ3v) is 4.95. The summed E-state index contributed by atoms with van der Waals surface area (Å²) in [6.07, 6.45) is 5.32. The highest BCUT2D eigenvalue weighted by Crippen LogP contribution is 2.25. The number of pyridine rings is 1. The molecule has 0 aliphatic rings. The highest BCUT2D eigenvalue weighted by Gasteiger charge is 2.14. The molecule has 0 spiro atoms. The zero-order chi connectivity index (χ0) is 21.0. The molecule has 0 bridgehead atoms. The van der Waals surface area contributed by atoms with Crippen molar-refractivity contribution in [3.8, 4) is 22.9 Å². The first-order valence-corrected chi connectivity index (χ1v) is 10.7. The summed E-state index contributed by atoms with van der Waals surface area (Å²) in [5.74, 6) is 3.07. The molecule has 0 saturated carbocycles. The number of nitrogens with one attached hydrogen (secondary N) is 1. The zero-order valence-corrected chi connectivity index (χ0v) is 17.3. The van der Waals surface area contributed by atoms with Crippen LogP contribution in [-0.2, 0) is 0 Å². The molecule has 5 rings (SSSR count). The van der Waals surface area contributed by atoms with Crippen LogP contribution in [-0.4, -0.2) is 35.8 Å². The lowest BCUT2D eigenvalue weighted by molar-refractivity contribution is 0.482. The minimum atomic E-state index is 0.438. The van der Waals surface area contributed by atoms with Gasteiger partial charge in [-0.3, -0.25) is 4.98 Å². The van der Waals surface area contributed by atoms with Crippen LogP contribution in [0.5, 0.6) is 11.5 Å². The first kappa shape index (κ1) is 19.0. The van der Waals surface area contributed by atoms with Gasteiger partial charge in [-0.05, 0) is 42.7 Å². The minimum Gasteiger partial charge on any atom is -0.457 e. The molecular weight excluding hydrogens is 410 g/mol. The Bertz CT molecular complexity index is 1310. The van der Waals surface area contributed by atoms with Gasteiger partial charge in [0.15, 0.2) is 11.0 Å². The molecule has 0 atom stereocenters. The zero-order valence-electron chi connectivity index (χ0n) is 16.5. The molecule has 8 nitrogen and oxygen atoms in total. The Morgan fingerprint density at radius 3 is 2.32 bits per heavy atom. The summed E-state index contributed by atoms with van der Waals surface area (Å²) in [6.45, 7) is 0. The van der Waals surface area contributed by atoms with Crippen molar-refractivity contribution in [2.75, 3.05) is 11.6 Å². The summed E-state index contributed by atoms with van der Waals surface area (Å²) < 4.78 is 7.45. The maximum Gasteiger partial charge on any atom is 0.258 e. The quantitative estimate of drug-likeness (QED) is 0.385. The van der Waals surface area contributed by atoms with Crippen LogP contribution in [0.1, 0.15) is 0 Å². The molecule has 9 heteroatoms. The smallest absolute Gasteiger partial charge is 0.258 e. The van der Waals surface area contributed by atoms with Gasteiger partial charge in [-0.15, -0.1) is 5.10 Å². The summed E-state index contributed by atoms with van der Waals surface area (Å²) >= 11 is 1.47. The number of rotatable bonds is 6. The van der Waals surface area contributed by atoms with Gasteiger partial charge in [0, 0.05) is 23.6 Å². The van der Waals surface area contributed by atoms with Crippen molar-refractivity contribution in [1.82, 2.24) is 29.5 Å². The van der Waals surface area contributed by atoms with Crippen LogP contribution in [0.25, 0.3) is 17.2 Å². The Morgan fingerprint density at radius 1 is 0.839 bits per heavy atom. The van der Waals surface area contributed by atoms with E-state index in [4.69, 9.17) is 4.74 Å². The molecule has 0 amide bonds. The lowest BCUT2D eigenvalue weighted by Crippen LogP contribution is -2.02. The Balaban J connectivity index is 1.42. The average Bonchev–Trinajstić information content (AvgIpc) is 3.23. The molecule has 2 aromatic carbocycles. The second kappa shape index (κ2) is 8.41. The Kier molecular flexibility index (Phi) is 5.16. The topological polar surface area (TPSA) is 90.1 Å². The first-order valence-electron chi connectivity index (χ1n) is 9.48. The molecule has 1 N–H and O–H groups in total. The van der Waals surface area contributed by atoms with Gasteiger partial charge in [-0.25, -0.2) is 4.98 Å². The fourth-order valence-electron chi connectivity index (χ4n) is 2.96. The van der Waals surface area contributed by atoms with E-state index in [1.165, 1.54) is 11.8 Å². The van der Waals surface area contributed by atoms with Crippen molar-refractivity contribution in [3.05, 3.63) is 79.1 Å². The fraction of sp³-hybridized carbons (Fsp3) is 0.0455. The Labute approximate surface area is 182 Å². The van der Waals surface area contributed by atoms with Crippen LogP contribution in [0, 0.1) is 0 Å². The number of hydrogen-bond acceptors (Lipinski definition) is 8. The summed E-state index contributed by atoms with van der Waals surface area (Å²) in [6, 6.07) is 21.0. The molecule has 5 aromatic rings. The van der Waals surface area contributed by atoms with E-state index in [0.29, 0.717) is 22.7 Å². The van der Waals surface area contributed by atoms with Crippen LogP contribution in [0.2, 0.25) is 0 Å². The molecule has 3 aromatic heterocycles. The predicted molar refractivity (Wildman–Crippen MR) is 120 cm³/mol. The van der Waals surface area contributed by atoms with Gasteiger partial charge < -0.3 is 10.1 Å². The van der Waals surface area contributed by atoms with Crippen molar-refractivity contribution in [2.45, 2.75) is 5.16 Å². The van der Waals surface area contributed by atoms with E-state index in [9.17, 15) is 0 Å². The second-order valence-corrected chi connectivity index (χ2v) is 7.25. The maximum atomic E-state index is 5.80. The van der Waals surface area contributed by atoms with Crippen LogP contribution >= 0.6 is 11.8 Å². The molecule has 0 radical (unpaired) electrons. The molecule has 0 fully saturated rings. The van der Waals surface area contributed by atoms with Crippen LogP contribution in [0.4, 0.5) is 11.6 Å². The van der Waals surface area contributed by atoms with E-state index in [1.54, 1.807) is 29.0 Å².